The van der Waals surface area contributed by atoms with Gasteiger partial charge in [0.25, 0.3) is 0 Å². The number of allylic oxidation sites excluding steroid dienone is 1. The number of nitrogens with two attached hydrogens (primary N) is 1. The molecule has 0 aliphatic carbocycles. The van der Waals surface area contributed by atoms with Crippen LogP contribution in [-0.2, 0) is 14.4 Å². The Morgan fingerprint density at radius 2 is 2.21 bits per heavy atom. The van der Waals surface area contributed by atoms with Crippen LogP contribution in [0.4, 0.5) is 4.79 Å². The van der Waals surface area contributed by atoms with Crippen molar-refractivity contribution in [1.82, 2.24) is 5.06 Å². The summed E-state index contributed by atoms with van der Waals surface area (Å²) < 4.78 is 5.04. The van der Waals surface area contributed by atoms with E-state index in [0.717, 1.165) is 12.8 Å². The molecule has 0 spiro atoms. The van der Waals surface area contributed by atoms with E-state index in [2.05, 4.69) is 13.2 Å². The van der Waals surface area contributed by atoms with Crippen molar-refractivity contribution in [3.63, 3.8) is 0 Å². The summed E-state index contributed by atoms with van der Waals surface area (Å²) in [5, 5.41) is 1.41. The highest BCUT2D eigenvalue weighted by atomic mass is 16.7. The highest BCUT2D eigenvalue weighted by molar-refractivity contribution is 5.86. The molecule has 1 aliphatic heterocycles. The molecule has 0 aromatic rings. The molecule has 0 radical (unpaired) electrons. The van der Waals surface area contributed by atoms with Gasteiger partial charge in [-0.05, 0) is 26.2 Å². The van der Waals surface area contributed by atoms with E-state index in [0.29, 0.717) is 30.8 Å². The van der Waals surface area contributed by atoms with Crippen molar-refractivity contribution in [2.75, 3.05) is 13.2 Å². The summed E-state index contributed by atoms with van der Waals surface area (Å²) in [7, 11) is 0. The number of hydrogen-bond donors (Lipinski definition) is 1. The van der Waals surface area contributed by atoms with Crippen molar-refractivity contribution in [3.05, 3.63) is 24.4 Å². The molecule has 0 aromatic carbocycles. The first-order valence-electron chi connectivity index (χ1n) is 6.18. The largest absolute Gasteiger partial charge is 0.462 e. The van der Waals surface area contributed by atoms with Crippen LogP contribution in [0, 0.1) is 5.92 Å². The van der Waals surface area contributed by atoms with Gasteiger partial charge in [-0.15, -0.1) is 0 Å². The van der Waals surface area contributed by atoms with E-state index in [-0.39, 0.29) is 5.92 Å². The number of carbonyl (C=O) groups excluding carboxylic acids is 2. The second kappa shape index (κ2) is 6.82. The number of nitrogens with zero attached hydrogens (tertiary/aromatic N) is 1. The molecule has 1 unspecified atom stereocenters. The van der Waals surface area contributed by atoms with E-state index in [1.54, 1.807) is 6.92 Å². The maximum Gasteiger partial charge on any atom is 0.428 e. The Bertz CT molecular complexity index is 392. The van der Waals surface area contributed by atoms with Gasteiger partial charge in [-0.25, -0.2) is 14.7 Å². The summed E-state index contributed by atoms with van der Waals surface area (Å²) >= 11 is 0. The van der Waals surface area contributed by atoms with Gasteiger partial charge in [0.15, 0.2) is 0 Å². The number of piperidine rings is 1. The van der Waals surface area contributed by atoms with Gasteiger partial charge in [0.2, 0.25) is 0 Å². The van der Waals surface area contributed by atoms with Gasteiger partial charge in [0, 0.05) is 17.2 Å². The van der Waals surface area contributed by atoms with Crippen LogP contribution in [-0.4, -0.2) is 30.3 Å². The molecule has 2 N–H and O–H groups in total. The summed E-state index contributed by atoms with van der Waals surface area (Å²) in [4.78, 5) is 26.8. The highest BCUT2D eigenvalue weighted by Gasteiger charge is 2.25. The van der Waals surface area contributed by atoms with Gasteiger partial charge < -0.3 is 15.3 Å². The molecule has 1 rings (SSSR count). The average Bonchev–Trinajstić information content (AvgIpc) is 2.32. The molecular weight excluding hydrogens is 248 g/mol. The third-order valence-electron chi connectivity index (χ3n) is 2.95. The Morgan fingerprint density at radius 1 is 1.53 bits per heavy atom. The minimum absolute atomic E-state index is 0.117. The molecule has 1 atom stereocenters. The fourth-order valence-electron chi connectivity index (χ4n) is 1.94. The van der Waals surface area contributed by atoms with Crippen LogP contribution < -0.4 is 5.73 Å². The molecule has 0 bridgehead atoms. The number of carbonyl (C=O) groups is 2. The van der Waals surface area contributed by atoms with Crippen LogP contribution in [0.2, 0.25) is 0 Å². The SMILES string of the molecule is C=C(C)C(=O)OCCC1CCCN(OC(N)=O)C1=C. The van der Waals surface area contributed by atoms with Crippen LogP contribution in [0.25, 0.3) is 0 Å². The Balaban J connectivity index is 2.41. The molecule has 19 heavy (non-hydrogen) atoms. The number of hydrogen-bond acceptors (Lipinski definition) is 5. The second-order valence-corrected chi connectivity index (χ2v) is 4.55. The Hall–Kier alpha value is -1.98. The van der Waals surface area contributed by atoms with E-state index < -0.39 is 12.1 Å². The van der Waals surface area contributed by atoms with Crippen LogP contribution >= 0.6 is 0 Å². The lowest BCUT2D eigenvalue weighted by atomic mass is 9.93. The fraction of sp³-hybridized carbons (Fsp3) is 0.538. The van der Waals surface area contributed by atoms with Crippen LogP contribution in [0.3, 0.4) is 0 Å². The van der Waals surface area contributed by atoms with Crippen LogP contribution in [0.1, 0.15) is 26.2 Å². The molecule has 0 aromatic heterocycles. The highest BCUT2D eigenvalue weighted by Crippen LogP contribution is 2.28. The Kier molecular flexibility index (Phi) is 5.41. The number of esters is 1. The standard InChI is InChI=1S/C13H20N2O4/c1-9(2)12(16)18-8-6-11-5-4-7-15(10(11)3)19-13(14)17/h11H,1,3-8H2,2H3,(H2,14,17). The predicted molar refractivity (Wildman–Crippen MR) is 69.6 cm³/mol. The lowest BCUT2D eigenvalue weighted by Crippen LogP contribution is -2.36. The number of primary amides is 1. The number of ether oxygens (including phenoxy) is 1. The van der Waals surface area contributed by atoms with E-state index in [4.69, 9.17) is 15.3 Å². The molecule has 6 heteroatoms. The average molecular weight is 268 g/mol. The number of rotatable bonds is 5. The van der Waals surface area contributed by atoms with Gasteiger partial charge >= 0.3 is 12.1 Å². The summed E-state index contributed by atoms with van der Waals surface area (Å²) in [6.07, 6.45) is 1.57. The first-order chi connectivity index (χ1) is 8.91. The molecule has 6 nitrogen and oxygen atoms in total. The van der Waals surface area contributed by atoms with Crippen molar-refractivity contribution in [2.24, 2.45) is 11.7 Å². The number of amides is 1. The summed E-state index contributed by atoms with van der Waals surface area (Å²) in [6.45, 7) is 9.89. The van der Waals surface area contributed by atoms with Gasteiger partial charge in [-0.3, -0.25) is 0 Å². The molecule has 106 valence electrons. The third kappa shape index (κ3) is 4.65. The second-order valence-electron chi connectivity index (χ2n) is 4.55. The minimum Gasteiger partial charge on any atom is -0.462 e. The molecule has 1 fully saturated rings. The molecule has 1 aliphatic rings. The fourth-order valence-corrected chi connectivity index (χ4v) is 1.94. The van der Waals surface area contributed by atoms with E-state index in [1.807, 2.05) is 0 Å². The van der Waals surface area contributed by atoms with Crippen molar-refractivity contribution < 1.29 is 19.2 Å². The zero-order valence-electron chi connectivity index (χ0n) is 11.2. The van der Waals surface area contributed by atoms with Crippen molar-refractivity contribution in [2.45, 2.75) is 26.2 Å². The third-order valence-corrected chi connectivity index (χ3v) is 2.95. The first kappa shape index (κ1) is 15.1. The lowest BCUT2D eigenvalue weighted by molar-refractivity contribution is -0.139. The summed E-state index contributed by atoms with van der Waals surface area (Å²) in [5.74, 6) is -0.280. The molecule has 1 saturated heterocycles. The molecule has 1 amide bonds. The summed E-state index contributed by atoms with van der Waals surface area (Å²) in [5.41, 5.74) is 6.05. The number of hydroxylamine groups is 2. The molecule has 0 saturated carbocycles. The topological polar surface area (TPSA) is 81.9 Å². The zero-order chi connectivity index (χ0) is 14.4. The Labute approximate surface area is 112 Å². The van der Waals surface area contributed by atoms with Crippen LogP contribution in [0.5, 0.6) is 0 Å². The lowest BCUT2D eigenvalue weighted by Gasteiger charge is -2.34. The monoisotopic (exact) mass is 268 g/mol. The Morgan fingerprint density at radius 3 is 2.79 bits per heavy atom. The van der Waals surface area contributed by atoms with Crippen LogP contribution in [0.15, 0.2) is 24.4 Å². The molecular formula is C13H20N2O4. The summed E-state index contributed by atoms with van der Waals surface area (Å²) in [6, 6.07) is 0. The quantitative estimate of drug-likeness (QED) is 0.606. The maximum atomic E-state index is 11.2. The van der Waals surface area contributed by atoms with E-state index >= 15 is 0 Å². The van der Waals surface area contributed by atoms with E-state index in [1.165, 1.54) is 5.06 Å². The van der Waals surface area contributed by atoms with Crippen molar-refractivity contribution >= 4 is 12.1 Å². The zero-order valence-corrected chi connectivity index (χ0v) is 11.2. The minimum atomic E-state index is -0.851. The first-order valence-corrected chi connectivity index (χ1v) is 6.18. The van der Waals surface area contributed by atoms with Gasteiger partial charge in [0.05, 0.1) is 13.2 Å². The normalized spacial score (nSPS) is 18.9. The van der Waals surface area contributed by atoms with Crippen molar-refractivity contribution in [1.29, 1.82) is 0 Å². The smallest absolute Gasteiger partial charge is 0.428 e. The van der Waals surface area contributed by atoms with Gasteiger partial charge in [-0.2, -0.15) is 0 Å². The van der Waals surface area contributed by atoms with Gasteiger partial charge in [-0.1, -0.05) is 13.2 Å². The van der Waals surface area contributed by atoms with Crippen molar-refractivity contribution in [3.8, 4) is 0 Å². The van der Waals surface area contributed by atoms with Gasteiger partial charge in [0.1, 0.15) is 0 Å². The molecule has 1 heterocycles. The maximum absolute atomic E-state index is 11.2. The van der Waals surface area contributed by atoms with E-state index in [9.17, 15) is 9.59 Å². The predicted octanol–water partition coefficient (Wildman–Crippen LogP) is 1.73.